The highest BCUT2D eigenvalue weighted by Crippen LogP contribution is 2.32. The lowest BCUT2D eigenvalue weighted by atomic mass is 10.2. The van der Waals surface area contributed by atoms with Gasteiger partial charge in [-0.25, -0.2) is 18.9 Å². The van der Waals surface area contributed by atoms with E-state index >= 15 is 0 Å². The summed E-state index contributed by atoms with van der Waals surface area (Å²) in [6, 6.07) is 4.81. The van der Waals surface area contributed by atoms with Gasteiger partial charge in [0.05, 0.1) is 5.56 Å². The first-order chi connectivity index (χ1) is 14.5. The van der Waals surface area contributed by atoms with E-state index in [1.165, 1.54) is 59.8 Å². The Morgan fingerprint density at radius 1 is 1.27 bits per heavy atom. The second-order valence-corrected chi connectivity index (χ2v) is 9.29. The molecule has 0 bridgehead atoms. The summed E-state index contributed by atoms with van der Waals surface area (Å²) >= 11 is 2.94. The predicted octanol–water partition coefficient (Wildman–Crippen LogP) is 4.79. The molecule has 7 nitrogen and oxygen atoms in total. The van der Waals surface area contributed by atoms with Crippen LogP contribution in [0.2, 0.25) is 0 Å². The molecule has 1 saturated heterocycles. The van der Waals surface area contributed by atoms with Gasteiger partial charge in [-0.15, -0.1) is 10.2 Å². The summed E-state index contributed by atoms with van der Waals surface area (Å²) in [4.78, 5) is 28.2. The van der Waals surface area contributed by atoms with Crippen molar-refractivity contribution in [3.63, 3.8) is 0 Å². The molecular weight excluding hydrogens is 427 g/mol. The molecule has 30 heavy (non-hydrogen) atoms. The highest BCUT2D eigenvalue weighted by atomic mass is 32.2. The summed E-state index contributed by atoms with van der Waals surface area (Å²) < 4.78 is 19.5. The summed E-state index contributed by atoms with van der Waals surface area (Å²) in [7, 11) is 1.69. The summed E-state index contributed by atoms with van der Waals surface area (Å²) in [5, 5.41) is 8.76. The first kappa shape index (κ1) is 22.5. The lowest BCUT2D eigenvalue weighted by Crippen LogP contribution is -2.54. The van der Waals surface area contributed by atoms with Crippen LogP contribution in [0, 0.1) is 5.82 Å². The number of esters is 1. The number of nitrogens with zero attached hydrogens (tertiary/aromatic N) is 4. The fraction of sp³-hybridized carbons (Fsp3) is 0.500. The minimum atomic E-state index is -0.790. The van der Waals surface area contributed by atoms with Crippen LogP contribution in [-0.4, -0.2) is 52.7 Å². The van der Waals surface area contributed by atoms with Gasteiger partial charge in [-0.2, -0.15) is 0 Å². The highest BCUT2D eigenvalue weighted by Gasteiger charge is 2.37. The molecule has 0 N–H and O–H groups in total. The standard InChI is InChI=1S/C20H25FN4O3S2/c1-3-4-5-6-13-29-19-23-22-18(30-19)25-16(11-12-24(2)20(25)27)28-17(26)14-7-9-15(21)10-8-14/h7-10,16H,3-6,11-13H2,1-2H3. The van der Waals surface area contributed by atoms with E-state index in [-0.39, 0.29) is 11.6 Å². The smallest absolute Gasteiger partial charge is 0.340 e. The molecule has 1 aliphatic heterocycles. The van der Waals surface area contributed by atoms with Gasteiger partial charge in [-0.1, -0.05) is 49.3 Å². The highest BCUT2D eigenvalue weighted by molar-refractivity contribution is 8.01. The van der Waals surface area contributed by atoms with E-state index < -0.39 is 18.0 Å². The molecule has 1 unspecified atom stereocenters. The number of amides is 2. The Hall–Kier alpha value is -2.20. The molecule has 0 saturated carbocycles. The second-order valence-electron chi connectivity index (χ2n) is 6.99. The summed E-state index contributed by atoms with van der Waals surface area (Å²) in [6.45, 7) is 2.63. The summed E-state index contributed by atoms with van der Waals surface area (Å²) in [6.07, 6.45) is 4.35. The molecule has 1 aromatic heterocycles. The first-order valence-electron chi connectivity index (χ1n) is 9.96. The van der Waals surface area contributed by atoms with Crippen molar-refractivity contribution in [2.24, 2.45) is 0 Å². The van der Waals surface area contributed by atoms with E-state index in [0.29, 0.717) is 18.1 Å². The fourth-order valence-electron chi connectivity index (χ4n) is 2.98. The second kappa shape index (κ2) is 10.7. The molecule has 1 fully saturated rings. The van der Waals surface area contributed by atoms with Gasteiger partial charge in [0.1, 0.15) is 5.82 Å². The van der Waals surface area contributed by atoms with Crippen LogP contribution >= 0.6 is 23.1 Å². The molecule has 10 heteroatoms. The third kappa shape index (κ3) is 5.69. The number of halogens is 1. The Bertz CT molecular complexity index is 862. The average Bonchev–Trinajstić information content (AvgIpc) is 3.19. The van der Waals surface area contributed by atoms with Crippen molar-refractivity contribution in [3.05, 3.63) is 35.6 Å². The average molecular weight is 453 g/mol. The van der Waals surface area contributed by atoms with Gasteiger partial charge in [0.25, 0.3) is 0 Å². The van der Waals surface area contributed by atoms with Crippen molar-refractivity contribution in [1.29, 1.82) is 0 Å². The van der Waals surface area contributed by atoms with Gasteiger partial charge in [0, 0.05) is 25.8 Å². The Morgan fingerprint density at radius 3 is 2.77 bits per heavy atom. The topological polar surface area (TPSA) is 75.6 Å². The van der Waals surface area contributed by atoms with Crippen LogP contribution in [0.3, 0.4) is 0 Å². The lowest BCUT2D eigenvalue weighted by molar-refractivity contribution is 0.0229. The van der Waals surface area contributed by atoms with Crippen LogP contribution in [0.4, 0.5) is 14.3 Å². The third-order valence-corrected chi connectivity index (χ3v) is 6.82. The fourth-order valence-corrected chi connectivity index (χ4v) is 4.92. The van der Waals surface area contributed by atoms with Crippen molar-refractivity contribution in [2.45, 2.75) is 49.6 Å². The molecule has 2 heterocycles. The largest absolute Gasteiger partial charge is 0.437 e. The number of carbonyl (C=O) groups excluding carboxylic acids is 2. The molecule has 1 aliphatic rings. The van der Waals surface area contributed by atoms with Crippen LogP contribution in [0.25, 0.3) is 0 Å². The molecule has 1 atom stereocenters. The van der Waals surface area contributed by atoms with Crippen molar-refractivity contribution >= 4 is 40.2 Å². The number of thioether (sulfide) groups is 1. The molecule has 3 rings (SSSR count). The van der Waals surface area contributed by atoms with Gasteiger partial charge < -0.3 is 9.64 Å². The van der Waals surface area contributed by atoms with Gasteiger partial charge >= 0.3 is 12.0 Å². The van der Waals surface area contributed by atoms with Crippen molar-refractivity contribution < 1.29 is 18.7 Å². The van der Waals surface area contributed by atoms with Crippen molar-refractivity contribution in [1.82, 2.24) is 15.1 Å². The van der Waals surface area contributed by atoms with Crippen LogP contribution in [0.1, 0.15) is 49.4 Å². The number of urea groups is 1. The number of carbonyl (C=O) groups is 2. The maximum Gasteiger partial charge on any atom is 0.340 e. The predicted molar refractivity (Wildman–Crippen MR) is 116 cm³/mol. The quantitative estimate of drug-likeness (QED) is 0.236. The van der Waals surface area contributed by atoms with E-state index in [1.54, 1.807) is 23.7 Å². The maximum absolute atomic E-state index is 13.1. The zero-order valence-corrected chi connectivity index (χ0v) is 18.7. The molecule has 2 aromatic rings. The Labute approximate surface area is 183 Å². The van der Waals surface area contributed by atoms with Crippen molar-refractivity contribution in [2.75, 3.05) is 24.2 Å². The molecule has 0 radical (unpaired) electrons. The number of ether oxygens (including phenoxy) is 1. The van der Waals surface area contributed by atoms with Crippen molar-refractivity contribution in [3.8, 4) is 0 Å². The van der Waals surface area contributed by atoms with Gasteiger partial charge in [-0.05, 0) is 30.7 Å². The van der Waals surface area contributed by atoms with Gasteiger partial charge in [0.15, 0.2) is 10.6 Å². The zero-order valence-electron chi connectivity index (χ0n) is 17.0. The number of benzene rings is 1. The Balaban J connectivity index is 1.68. The minimum absolute atomic E-state index is 0.225. The van der Waals surface area contributed by atoms with E-state index in [0.717, 1.165) is 16.5 Å². The summed E-state index contributed by atoms with van der Waals surface area (Å²) in [5.41, 5.74) is 0.225. The Morgan fingerprint density at radius 2 is 2.03 bits per heavy atom. The maximum atomic E-state index is 13.1. The lowest BCUT2D eigenvalue weighted by Gasteiger charge is -2.37. The normalized spacial score (nSPS) is 16.8. The number of rotatable bonds is 9. The zero-order chi connectivity index (χ0) is 21.5. The van der Waals surface area contributed by atoms with Gasteiger partial charge in [-0.3, -0.25) is 0 Å². The Kier molecular flexibility index (Phi) is 8.03. The number of anilines is 1. The van der Waals surface area contributed by atoms with Crippen LogP contribution in [0.5, 0.6) is 0 Å². The number of hydrogen-bond donors (Lipinski definition) is 0. The van der Waals surface area contributed by atoms with Crippen LogP contribution in [-0.2, 0) is 4.74 Å². The van der Waals surface area contributed by atoms with Crippen LogP contribution < -0.4 is 4.90 Å². The third-order valence-electron chi connectivity index (χ3n) is 4.68. The first-order valence-corrected chi connectivity index (χ1v) is 11.8. The monoisotopic (exact) mass is 452 g/mol. The molecular formula is C20H25FN4O3S2. The van der Waals surface area contributed by atoms with Crippen LogP contribution in [0.15, 0.2) is 28.6 Å². The number of aromatic nitrogens is 2. The molecule has 2 amide bonds. The SMILES string of the molecule is CCCCCCSc1nnc(N2C(=O)N(C)CCC2OC(=O)c2ccc(F)cc2)s1. The van der Waals surface area contributed by atoms with E-state index in [4.69, 9.17) is 4.74 Å². The van der Waals surface area contributed by atoms with Gasteiger partial charge in [0.2, 0.25) is 5.13 Å². The molecule has 1 aromatic carbocycles. The summed E-state index contributed by atoms with van der Waals surface area (Å²) in [5.74, 6) is -0.0977. The van der Waals surface area contributed by atoms with E-state index in [1.807, 2.05) is 0 Å². The minimum Gasteiger partial charge on any atom is -0.437 e. The molecule has 162 valence electrons. The molecule has 0 spiro atoms. The van der Waals surface area contributed by atoms with E-state index in [9.17, 15) is 14.0 Å². The molecule has 0 aliphatic carbocycles. The number of hydrogen-bond acceptors (Lipinski definition) is 7. The number of unbranched alkanes of at least 4 members (excludes halogenated alkanes) is 3. The van der Waals surface area contributed by atoms with E-state index in [2.05, 4.69) is 17.1 Å².